The maximum Gasteiger partial charge on any atom is 0.240 e. The molecular formula is C17H28N2O3S. The van der Waals surface area contributed by atoms with Gasteiger partial charge in [0.05, 0.1) is 11.9 Å². The van der Waals surface area contributed by atoms with Gasteiger partial charge in [0, 0.05) is 6.54 Å². The Labute approximate surface area is 140 Å². The summed E-state index contributed by atoms with van der Waals surface area (Å²) in [6.07, 6.45) is 1.14. The maximum atomic E-state index is 12.3. The quantitative estimate of drug-likeness (QED) is 0.830. The van der Waals surface area contributed by atoms with Crippen LogP contribution >= 0.6 is 0 Å². The highest BCUT2D eigenvalue weighted by Gasteiger charge is 2.25. The molecule has 0 saturated carbocycles. The number of rotatable bonds is 7. The van der Waals surface area contributed by atoms with Gasteiger partial charge in [0.2, 0.25) is 15.9 Å². The summed E-state index contributed by atoms with van der Waals surface area (Å²) in [6.45, 7) is 10.2. The van der Waals surface area contributed by atoms with E-state index >= 15 is 0 Å². The standard InChI is InChI=1S/C17H28N2O3S/c1-12(2)10-18-16(20)11-19(23(6,21)22)17-14(5)8-7-9-15(17)13(3)4/h7-9,12-13H,10-11H2,1-6H3,(H,18,20). The van der Waals surface area contributed by atoms with Crippen LogP contribution in [0.3, 0.4) is 0 Å². The first-order chi connectivity index (χ1) is 10.5. The number of benzene rings is 1. The van der Waals surface area contributed by atoms with Crippen LogP contribution in [0.15, 0.2) is 18.2 Å². The van der Waals surface area contributed by atoms with Gasteiger partial charge < -0.3 is 5.32 Å². The van der Waals surface area contributed by atoms with E-state index in [0.29, 0.717) is 18.2 Å². The molecule has 1 aromatic carbocycles. The molecule has 1 rings (SSSR count). The van der Waals surface area contributed by atoms with E-state index in [4.69, 9.17) is 0 Å². The zero-order valence-corrected chi connectivity index (χ0v) is 15.7. The van der Waals surface area contributed by atoms with Crippen molar-refractivity contribution in [2.75, 3.05) is 23.7 Å². The Morgan fingerprint density at radius 2 is 1.83 bits per heavy atom. The van der Waals surface area contributed by atoms with Crippen molar-refractivity contribution in [3.63, 3.8) is 0 Å². The van der Waals surface area contributed by atoms with Crippen molar-refractivity contribution in [3.8, 4) is 0 Å². The van der Waals surface area contributed by atoms with Gasteiger partial charge in [-0.05, 0) is 29.9 Å². The molecule has 0 atom stereocenters. The lowest BCUT2D eigenvalue weighted by molar-refractivity contribution is -0.119. The molecule has 0 unspecified atom stereocenters. The summed E-state index contributed by atoms with van der Waals surface area (Å²) in [6, 6.07) is 5.69. The summed E-state index contributed by atoms with van der Waals surface area (Å²) in [5, 5.41) is 2.78. The molecule has 1 amide bonds. The Hall–Kier alpha value is -1.56. The maximum absolute atomic E-state index is 12.3. The van der Waals surface area contributed by atoms with Crippen molar-refractivity contribution >= 4 is 21.6 Å². The molecule has 0 aliphatic heterocycles. The highest BCUT2D eigenvalue weighted by Crippen LogP contribution is 2.32. The fraction of sp³-hybridized carbons (Fsp3) is 0.588. The fourth-order valence-corrected chi connectivity index (χ4v) is 3.29. The second-order valence-electron chi connectivity index (χ2n) is 6.64. The Bertz CT molecular complexity index is 652. The lowest BCUT2D eigenvalue weighted by Gasteiger charge is -2.27. The SMILES string of the molecule is Cc1cccc(C(C)C)c1N(CC(=O)NCC(C)C)S(C)(=O)=O. The van der Waals surface area contributed by atoms with Gasteiger partial charge in [-0.25, -0.2) is 8.42 Å². The minimum Gasteiger partial charge on any atom is -0.354 e. The lowest BCUT2D eigenvalue weighted by atomic mass is 9.98. The first-order valence-electron chi connectivity index (χ1n) is 7.88. The van der Waals surface area contributed by atoms with Crippen LogP contribution in [0, 0.1) is 12.8 Å². The summed E-state index contributed by atoms with van der Waals surface area (Å²) in [4.78, 5) is 12.2. The normalized spacial score (nSPS) is 11.8. The molecule has 0 fully saturated rings. The van der Waals surface area contributed by atoms with Gasteiger partial charge in [-0.3, -0.25) is 9.10 Å². The van der Waals surface area contributed by atoms with E-state index in [0.717, 1.165) is 17.4 Å². The first kappa shape index (κ1) is 19.5. The monoisotopic (exact) mass is 340 g/mol. The molecule has 0 saturated heterocycles. The van der Waals surface area contributed by atoms with Crippen LogP contribution < -0.4 is 9.62 Å². The number of para-hydroxylation sites is 1. The zero-order chi connectivity index (χ0) is 17.8. The third-order valence-electron chi connectivity index (χ3n) is 3.54. The Morgan fingerprint density at radius 3 is 2.30 bits per heavy atom. The van der Waals surface area contributed by atoms with Gasteiger partial charge in [0.15, 0.2) is 0 Å². The molecule has 5 nitrogen and oxygen atoms in total. The lowest BCUT2D eigenvalue weighted by Crippen LogP contribution is -2.42. The molecule has 0 heterocycles. The highest BCUT2D eigenvalue weighted by molar-refractivity contribution is 7.92. The fourth-order valence-electron chi connectivity index (χ4n) is 2.35. The number of nitrogens with zero attached hydrogens (tertiary/aromatic N) is 1. The topological polar surface area (TPSA) is 66.5 Å². The summed E-state index contributed by atoms with van der Waals surface area (Å²) < 4.78 is 25.8. The molecule has 1 N–H and O–H groups in total. The minimum atomic E-state index is -3.56. The average Bonchev–Trinajstić information content (AvgIpc) is 2.41. The Balaban J connectivity index is 3.22. The number of sulfonamides is 1. The van der Waals surface area contributed by atoms with E-state index in [1.54, 1.807) is 0 Å². The van der Waals surface area contributed by atoms with E-state index in [1.807, 2.05) is 52.8 Å². The molecule has 0 spiro atoms. The van der Waals surface area contributed by atoms with Crippen LogP contribution in [0.1, 0.15) is 44.7 Å². The van der Waals surface area contributed by atoms with Gasteiger partial charge in [-0.15, -0.1) is 0 Å². The van der Waals surface area contributed by atoms with Crippen LogP contribution in [0.2, 0.25) is 0 Å². The smallest absolute Gasteiger partial charge is 0.240 e. The molecule has 6 heteroatoms. The number of hydrogen-bond donors (Lipinski definition) is 1. The van der Waals surface area contributed by atoms with E-state index in [9.17, 15) is 13.2 Å². The van der Waals surface area contributed by atoms with Crippen molar-refractivity contribution in [3.05, 3.63) is 29.3 Å². The van der Waals surface area contributed by atoms with E-state index in [1.165, 1.54) is 4.31 Å². The largest absolute Gasteiger partial charge is 0.354 e. The predicted molar refractivity (Wildman–Crippen MR) is 95.3 cm³/mol. The molecule has 0 bridgehead atoms. The number of aryl methyl sites for hydroxylation is 1. The second kappa shape index (κ2) is 7.81. The van der Waals surface area contributed by atoms with E-state index < -0.39 is 10.0 Å². The molecular weight excluding hydrogens is 312 g/mol. The van der Waals surface area contributed by atoms with Gasteiger partial charge in [-0.2, -0.15) is 0 Å². The minimum absolute atomic E-state index is 0.160. The summed E-state index contributed by atoms with van der Waals surface area (Å²) in [5.41, 5.74) is 2.38. The number of carbonyl (C=O) groups is 1. The van der Waals surface area contributed by atoms with Crippen molar-refractivity contribution in [2.24, 2.45) is 5.92 Å². The highest BCUT2D eigenvalue weighted by atomic mass is 32.2. The van der Waals surface area contributed by atoms with Crippen LogP contribution in [0.5, 0.6) is 0 Å². The van der Waals surface area contributed by atoms with E-state index in [-0.39, 0.29) is 18.4 Å². The van der Waals surface area contributed by atoms with Crippen molar-refractivity contribution in [1.82, 2.24) is 5.32 Å². The molecule has 0 aromatic heterocycles. The van der Waals surface area contributed by atoms with Crippen LogP contribution in [-0.2, 0) is 14.8 Å². The molecule has 23 heavy (non-hydrogen) atoms. The first-order valence-corrected chi connectivity index (χ1v) is 9.72. The average molecular weight is 340 g/mol. The number of nitrogens with one attached hydrogen (secondary N) is 1. The molecule has 0 aliphatic rings. The van der Waals surface area contributed by atoms with Crippen molar-refractivity contribution in [1.29, 1.82) is 0 Å². The Kier molecular flexibility index (Phi) is 6.62. The number of anilines is 1. The van der Waals surface area contributed by atoms with E-state index in [2.05, 4.69) is 5.32 Å². The van der Waals surface area contributed by atoms with Gasteiger partial charge in [-0.1, -0.05) is 45.9 Å². The third kappa shape index (κ3) is 5.53. The Morgan fingerprint density at radius 1 is 1.22 bits per heavy atom. The zero-order valence-electron chi connectivity index (χ0n) is 14.9. The van der Waals surface area contributed by atoms with Gasteiger partial charge in [0.1, 0.15) is 6.54 Å². The molecule has 130 valence electrons. The van der Waals surface area contributed by atoms with Crippen LogP contribution in [-0.4, -0.2) is 33.7 Å². The summed E-state index contributed by atoms with van der Waals surface area (Å²) in [7, 11) is -3.56. The number of carbonyl (C=O) groups excluding carboxylic acids is 1. The summed E-state index contributed by atoms with van der Waals surface area (Å²) >= 11 is 0. The molecule has 0 aliphatic carbocycles. The van der Waals surface area contributed by atoms with Crippen LogP contribution in [0.25, 0.3) is 0 Å². The van der Waals surface area contributed by atoms with Crippen molar-refractivity contribution < 1.29 is 13.2 Å². The third-order valence-corrected chi connectivity index (χ3v) is 4.65. The molecule has 1 aromatic rings. The number of amides is 1. The van der Waals surface area contributed by atoms with Crippen molar-refractivity contribution in [2.45, 2.75) is 40.5 Å². The predicted octanol–water partition coefficient (Wildman–Crippen LogP) is 2.66. The second-order valence-corrected chi connectivity index (χ2v) is 8.54. The molecule has 0 radical (unpaired) electrons. The number of hydrogen-bond acceptors (Lipinski definition) is 3. The van der Waals surface area contributed by atoms with Gasteiger partial charge >= 0.3 is 0 Å². The van der Waals surface area contributed by atoms with Crippen LogP contribution in [0.4, 0.5) is 5.69 Å². The summed E-state index contributed by atoms with van der Waals surface area (Å²) in [5.74, 6) is 0.185. The van der Waals surface area contributed by atoms with Gasteiger partial charge in [0.25, 0.3) is 0 Å².